The van der Waals surface area contributed by atoms with Gasteiger partial charge in [0.25, 0.3) is 0 Å². The van der Waals surface area contributed by atoms with Crippen molar-refractivity contribution in [2.75, 3.05) is 39.8 Å². The van der Waals surface area contributed by atoms with Crippen LogP contribution in [0.2, 0.25) is 0 Å². The number of aliphatic imine (C=N–C) groups is 1. The van der Waals surface area contributed by atoms with E-state index in [2.05, 4.69) is 27.4 Å². The maximum Gasteiger partial charge on any atom is 0.191 e. The van der Waals surface area contributed by atoms with Crippen LogP contribution in [0, 0.1) is 11.7 Å². The van der Waals surface area contributed by atoms with Gasteiger partial charge in [-0.1, -0.05) is 13.0 Å². The Morgan fingerprint density at radius 1 is 1.31 bits per heavy atom. The smallest absolute Gasteiger partial charge is 0.191 e. The molecule has 0 radical (unpaired) electrons. The first-order valence-corrected chi connectivity index (χ1v) is 9.70. The molecule has 26 heavy (non-hydrogen) atoms. The van der Waals surface area contributed by atoms with E-state index in [4.69, 9.17) is 4.74 Å². The van der Waals surface area contributed by atoms with Crippen molar-refractivity contribution < 1.29 is 9.13 Å². The molecule has 1 saturated heterocycles. The van der Waals surface area contributed by atoms with Crippen LogP contribution in [0.15, 0.2) is 23.2 Å². The summed E-state index contributed by atoms with van der Waals surface area (Å²) in [5, 5.41) is 6.55. The summed E-state index contributed by atoms with van der Waals surface area (Å²) in [5.41, 5.74) is 0.858. The molecule has 0 atom stereocenters. The zero-order valence-electron chi connectivity index (χ0n) is 16.4. The Hall–Kier alpha value is -1.82. The number of piperidine rings is 1. The predicted octanol–water partition coefficient (Wildman–Crippen LogP) is 3.01. The van der Waals surface area contributed by atoms with E-state index in [1.807, 2.05) is 13.0 Å². The molecule has 1 aromatic rings. The molecule has 0 bridgehead atoms. The van der Waals surface area contributed by atoms with Gasteiger partial charge in [0.05, 0.1) is 6.61 Å². The summed E-state index contributed by atoms with van der Waals surface area (Å²) >= 11 is 0. The summed E-state index contributed by atoms with van der Waals surface area (Å²) in [5.74, 6) is 1.59. The van der Waals surface area contributed by atoms with Crippen LogP contribution in [-0.4, -0.2) is 50.7 Å². The molecule has 1 fully saturated rings. The second-order valence-electron chi connectivity index (χ2n) is 6.93. The third-order valence-electron chi connectivity index (χ3n) is 4.80. The van der Waals surface area contributed by atoms with Gasteiger partial charge >= 0.3 is 0 Å². The van der Waals surface area contributed by atoms with E-state index >= 15 is 0 Å². The maximum absolute atomic E-state index is 13.9. The van der Waals surface area contributed by atoms with Gasteiger partial charge in [-0.2, -0.15) is 0 Å². The van der Waals surface area contributed by atoms with Crippen molar-refractivity contribution in [3.63, 3.8) is 0 Å². The molecule has 0 aromatic heterocycles. The standard InChI is InChI=1S/C20H33FN4O/c1-4-26-19-7-6-17(14-18(19)21)15-24-20(22-3)23-10-5-11-25-12-8-16(2)9-13-25/h6-7,14,16H,4-5,8-13,15H2,1-3H3,(H2,22,23,24). The minimum absolute atomic E-state index is 0.297. The van der Waals surface area contributed by atoms with Crippen molar-refractivity contribution >= 4 is 5.96 Å². The molecule has 2 rings (SSSR count). The fourth-order valence-electron chi connectivity index (χ4n) is 3.13. The zero-order valence-corrected chi connectivity index (χ0v) is 16.4. The van der Waals surface area contributed by atoms with E-state index < -0.39 is 0 Å². The van der Waals surface area contributed by atoms with Crippen LogP contribution in [0.3, 0.4) is 0 Å². The lowest BCUT2D eigenvalue weighted by Gasteiger charge is -2.30. The van der Waals surface area contributed by atoms with E-state index in [1.54, 1.807) is 13.1 Å². The number of rotatable bonds is 8. The Kier molecular flexibility index (Phi) is 8.68. The van der Waals surface area contributed by atoms with Crippen molar-refractivity contribution in [3.8, 4) is 5.75 Å². The molecule has 0 amide bonds. The minimum Gasteiger partial charge on any atom is -0.491 e. The van der Waals surface area contributed by atoms with E-state index in [1.165, 1.54) is 32.0 Å². The number of hydrogen-bond donors (Lipinski definition) is 2. The van der Waals surface area contributed by atoms with Gasteiger partial charge in [0.2, 0.25) is 0 Å². The zero-order chi connectivity index (χ0) is 18.8. The SMILES string of the molecule is CCOc1ccc(CNC(=NC)NCCCN2CCC(C)CC2)cc1F. The van der Waals surface area contributed by atoms with Crippen LogP contribution >= 0.6 is 0 Å². The van der Waals surface area contributed by atoms with E-state index in [9.17, 15) is 4.39 Å². The second kappa shape index (κ2) is 11.0. The molecule has 0 saturated carbocycles. The molecule has 6 heteroatoms. The van der Waals surface area contributed by atoms with E-state index in [0.717, 1.165) is 37.0 Å². The van der Waals surface area contributed by atoms with Crippen molar-refractivity contribution in [1.82, 2.24) is 15.5 Å². The minimum atomic E-state index is -0.329. The van der Waals surface area contributed by atoms with Crippen molar-refractivity contribution in [1.29, 1.82) is 0 Å². The Labute approximate surface area is 157 Å². The summed E-state index contributed by atoms with van der Waals surface area (Å²) < 4.78 is 19.1. The van der Waals surface area contributed by atoms with Crippen molar-refractivity contribution in [2.24, 2.45) is 10.9 Å². The molecule has 5 nitrogen and oxygen atoms in total. The molecule has 1 aromatic carbocycles. The van der Waals surface area contributed by atoms with Gasteiger partial charge in [0.15, 0.2) is 17.5 Å². The highest BCUT2D eigenvalue weighted by Crippen LogP contribution is 2.18. The Balaban J connectivity index is 1.67. The molecular formula is C20H33FN4O. The van der Waals surface area contributed by atoms with Gasteiger partial charge in [0.1, 0.15) is 0 Å². The summed E-state index contributed by atoms with van der Waals surface area (Å²) in [6.07, 6.45) is 3.72. The highest BCUT2D eigenvalue weighted by molar-refractivity contribution is 5.79. The Bertz CT molecular complexity index is 571. The first-order chi connectivity index (χ1) is 12.6. The molecule has 0 aliphatic carbocycles. The van der Waals surface area contributed by atoms with E-state index in [-0.39, 0.29) is 5.82 Å². The predicted molar refractivity (Wildman–Crippen MR) is 105 cm³/mol. The van der Waals surface area contributed by atoms with Crippen LogP contribution in [0.4, 0.5) is 4.39 Å². The third-order valence-corrected chi connectivity index (χ3v) is 4.80. The van der Waals surface area contributed by atoms with Gasteiger partial charge in [-0.15, -0.1) is 0 Å². The summed E-state index contributed by atoms with van der Waals surface area (Å²) in [4.78, 5) is 6.77. The van der Waals surface area contributed by atoms with Crippen molar-refractivity contribution in [3.05, 3.63) is 29.6 Å². The molecule has 0 spiro atoms. The van der Waals surface area contributed by atoms with E-state index in [0.29, 0.717) is 18.9 Å². The number of hydrogen-bond acceptors (Lipinski definition) is 3. The summed E-state index contributed by atoms with van der Waals surface area (Å²) in [6.45, 7) is 9.61. The van der Waals surface area contributed by atoms with Gasteiger partial charge in [0, 0.05) is 20.1 Å². The molecule has 2 N–H and O–H groups in total. The topological polar surface area (TPSA) is 48.9 Å². The number of ether oxygens (including phenoxy) is 1. The van der Waals surface area contributed by atoms with Gasteiger partial charge in [-0.05, 0) is 69.4 Å². The second-order valence-corrected chi connectivity index (χ2v) is 6.93. The third kappa shape index (κ3) is 6.83. The van der Waals surface area contributed by atoms with Gasteiger partial charge in [-0.25, -0.2) is 4.39 Å². The normalized spacial score (nSPS) is 16.5. The highest BCUT2D eigenvalue weighted by Gasteiger charge is 2.14. The number of halogens is 1. The molecule has 1 heterocycles. The lowest BCUT2D eigenvalue weighted by Crippen LogP contribution is -2.39. The van der Waals surface area contributed by atoms with Crippen LogP contribution in [0.25, 0.3) is 0 Å². The Morgan fingerprint density at radius 2 is 2.08 bits per heavy atom. The average molecular weight is 365 g/mol. The maximum atomic E-state index is 13.9. The lowest BCUT2D eigenvalue weighted by atomic mass is 9.99. The molecule has 1 aliphatic rings. The first-order valence-electron chi connectivity index (χ1n) is 9.70. The number of benzene rings is 1. The summed E-state index contributed by atoms with van der Waals surface area (Å²) in [6, 6.07) is 5.04. The molecule has 1 aliphatic heterocycles. The number of likely N-dealkylation sites (tertiary alicyclic amines) is 1. The monoisotopic (exact) mass is 364 g/mol. The number of nitrogens with one attached hydrogen (secondary N) is 2. The number of guanidine groups is 1. The average Bonchev–Trinajstić information content (AvgIpc) is 2.65. The Morgan fingerprint density at radius 3 is 2.73 bits per heavy atom. The first kappa shape index (κ1) is 20.5. The summed E-state index contributed by atoms with van der Waals surface area (Å²) in [7, 11) is 1.75. The van der Waals surface area contributed by atoms with Crippen molar-refractivity contribution in [2.45, 2.75) is 39.7 Å². The fraction of sp³-hybridized carbons (Fsp3) is 0.650. The van der Waals surface area contributed by atoms with Gasteiger partial charge in [-0.3, -0.25) is 4.99 Å². The highest BCUT2D eigenvalue weighted by atomic mass is 19.1. The van der Waals surface area contributed by atoms with Crippen LogP contribution in [0.1, 0.15) is 38.7 Å². The quantitative estimate of drug-likeness (QED) is 0.423. The molecular weight excluding hydrogens is 331 g/mol. The van der Waals surface area contributed by atoms with Crippen LogP contribution < -0.4 is 15.4 Å². The van der Waals surface area contributed by atoms with Crippen LogP contribution in [-0.2, 0) is 6.54 Å². The molecule has 146 valence electrons. The number of nitrogens with zero attached hydrogens (tertiary/aromatic N) is 2. The van der Waals surface area contributed by atoms with Gasteiger partial charge < -0.3 is 20.3 Å². The largest absolute Gasteiger partial charge is 0.491 e. The lowest BCUT2D eigenvalue weighted by molar-refractivity contribution is 0.191. The van der Waals surface area contributed by atoms with Crippen LogP contribution in [0.5, 0.6) is 5.75 Å². The molecule has 0 unspecified atom stereocenters. The fourth-order valence-corrected chi connectivity index (χ4v) is 3.13.